The molecule has 0 aromatic heterocycles. The summed E-state index contributed by atoms with van der Waals surface area (Å²) in [7, 11) is 0. The van der Waals surface area contributed by atoms with Gasteiger partial charge in [0.2, 0.25) is 0 Å². The summed E-state index contributed by atoms with van der Waals surface area (Å²) in [6, 6.07) is 16.5. The number of benzene rings is 2. The summed E-state index contributed by atoms with van der Waals surface area (Å²) < 4.78 is 0. The molecule has 1 heterocycles. The zero-order valence-corrected chi connectivity index (χ0v) is 15.5. The SMILES string of the molecule is C=C(C)c1cccc(C(C)(C)NC(=O)N2c3ccccc3C[C@H]2C)c1. The fraction of sp³-hybridized carbons (Fsp3) is 0.318. The molecule has 0 saturated heterocycles. The summed E-state index contributed by atoms with van der Waals surface area (Å²) >= 11 is 0. The number of hydrogen-bond donors (Lipinski definition) is 1. The second-order valence-electron chi connectivity index (χ2n) is 7.47. The smallest absolute Gasteiger partial charge is 0.322 e. The lowest BCUT2D eigenvalue weighted by Crippen LogP contribution is -2.50. The summed E-state index contributed by atoms with van der Waals surface area (Å²) in [6.45, 7) is 12.2. The van der Waals surface area contributed by atoms with E-state index in [2.05, 4.69) is 31.0 Å². The molecule has 1 aliphatic rings. The Morgan fingerprint density at radius 3 is 2.64 bits per heavy atom. The Bertz CT molecular complexity index is 822. The van der Waals surface area contributed by atoms with Crippen molar-refractivity contribution in [2.45, 2.75) is 45.7 Å². The number of para-hydroxylation sites is 1. The summed E-state index contributed by atoms with van der Waals surface area (Å²) in [4.78, 5) is 14.9. The van der Waals surface area contributed by atoms with Gasteiger partial charge in [0.25, 0.3) is 0 Å². The molecule has 0 aliphatic carbocycles. The van der Waals surface area contributed by atoms with Crippen LogP contribution in [-0.4, -0.2) is 12.1 Å². The number of amides is 2. The molecule has 2 amide bonds. The molecule has 0 saturated carbocycles. The molecule has 0 bridgehead atoms. The van der Waals surface area contributed by atoms with Gasteiger partial charge >= 0.3 is 6.03 Å². The number of anilines is 1. The summed E-state index contributed by atoms with van der Waals surface area (Å²) in [5, 5.41) is 3.21. The quantitative estimate of drug-likeness (QED) is 0.830. The molecule has 3 nitrogen and oxygen atoms in total. The first-order valence-electron chi connectivity index (χ1n) is 8.75. The van der Waals surface area contributed by atoms with E-state index in [0.29, 0.717) is 0 Å². The third kappa shape index (κ3) is 3.32. The van der Waals surface area contributed by atoms with E-state index >= 15 is 0 Å². The summed E-state index contributed by atoms with van der Waals surface area (Å²) in [5.74, 6) is 0. The summed E-state index contributed by atoms with van der Waals surface area (Å²) in [6.07, 6.45) is 0.898. The van der Waals surface area contributed by atoms with Crippen molar-refractivity contribution < 1.29 is 4.79 Å². The van der Waals surface area contributed by atoms with Gasteiger partial charge in [-0.1, -0.05) is 48.6 Å². The first-order valence-corrected chi connectivity index (χ1v) is 8.75. The molecule has 0 spiro atoms. The molecular formula is C22H26N2O. The molecule has 3 rings (SSSR count). The highest BCUT2D eigenvalue weighted by Crippen LogP contribution is 2.32. The Kier molecular flexibility index (Phi) is 4.42. The average molecular weight is 334 g/mol. The van der Waals surface area contributed by atoms with E-state index in [1.54, 1.807) is 0 Å². The lowest BCUT2D eigenvalue weighted by atomic mass is 9.92. The lowest BCUT2D eigenvalue weighted by Gasteiger charge is -2.32. The predicted molar refractivity (Wildman–Crippen MR) is 105 cm³/mol. The minimum atomic E-state index is -0.472. The predicted octanol–water partition coefficient (Wildman–Crippen LogP) is 5.12. The van der Waals surface area contributed by atoms with Crippen molar-refractivity contribution in [1.82, 2.24) is 5.32 Å². The second-order valence-corrected chi connectivity index (χ2v) is 7.47. The molecule has 2 aromatic rings. The zero-order chi connectivity index (χ0) is 18.2. The van der Waals surface area contributed by atoms with Gasteiger partial charge in [0.1, 0.15) is 0 Å². The Labute approximate surface area is 150 Å². The Balaban J connectivity index is 1.85. The average Bonchev–Trinajstić information content (AvgIpc) is 2.90. The highest BCUT2D eigenvalue weighted by Gasteiger charge is 2.33. The normalized spacial score (nSPS) is 16.5. The molecule has 0 unspecified atom stereocenters. The van der Waals surface area contributed by atoms with E-state index in [4.69, 9.17) is 0 Å². The van der Waals surface area contributed by atoms with Crippen LogP contribution in [0.15, 0.2) is 55.1 Å². The van der Waals surface area contributed by atoms with Gasteiger partial charge in [-0.05, 0) is 62.9 Å². The van der Waals surface area contributed by atoms with Crippen LogP contribution in [-0.2, 0) is 12.0 Å². The van der Waals surface area contributed by atoms with Gasteiger partial charge in [0.15, 0.2) is 0 Å². The highest BCUT2D eigenvalue weighted by molar-refractivity contribution is 5.95. The molecule has 1 atom stereocenters. The number of nitrogens with zero attached hydrogens (tertiary/aromatic N) is 1. The van der Waals surface area contributed by atoms with Crippen molar-refractivity contribution in [3.05, 3.63) is 71.8 Å². The van der Waals surface area contributed by atoms with Crippen molar-refractivity contribution in [2.75, 3.05) is 4.90 Å². The van der Waals surface area contributed by atoms with E-state index < -0.39 is 5.54 Å². The van der Waals surface area contributed by atoms with E-state index in [-0.39, 0.29) is 12.1 Å². The molecule has 3 heteroatoms. The van der Waals surface area contributed by atoms with Crippen LogP contribution in [0.4, 0.5) is 10.5 Å². The topological polar surface area (TPSA) is 32.3 Å². The fourth-order valence-corrected chi connectivity index (χ4v) is 3.45. The minimum Gasteiger partial charge on any atom is -0.329 e. The maximum Gasteiger partial charge on any atom is 0.322 e. The lowest BCUT2D eigenvalue weighted by molar-refractivity contribution is 0.234. The standard InChI is InChI=1S/C22H26N2O/c1-15(2)17-10-8-11-19(14-17)22(4,5)23-21(25)24-16(3)13-18-9-6-7-12-20(18)24/h6-12,14,16H,1,13H2,2-5H3,(H,23,25)/t16-/m1/s1. The largest absolute Gasteiger partial charge is 0.329 e. The number of carbonyl (C=O) groups excluding carboxylic acids is 1. The monoisotopic (exact) mass is 334 g/mol. The van der Waals surface area contributed by atoms with Crippen LogP contribution < -0.4 is 10.2 Å². The third-order valence-corrected chi connectivity index (χ3v) is 4.92. The van der Waals surface area contributed by atoms with E-state index in [9.17, 15) is 4.79 Å². The number of nitrogens with one attached hydrogen (secondary N) is 1. The van der Waals surface area contributed by atoms with Gasteiger partial charge in [0, 0.05) is 11.7 Å². The van der Waals surface area contributed by atoms with E-state index in [1.165, 1.54) is 5.56 Å². The Morgan fingerprint density at radius 1 is 1.20 bits per heavy atom. The van der Waals surface area contributed by atoms with Gasteiger partial charge in [-0.3, -0.25) is 4.90 Å². The zero-order valence-electron chi connectivity index (χ0n) is 15.5. The van der Waals surface area contributed by atoms with Gasteiger partial charge in [0.05, 0.1) is 5.54 Å². The van der Waals surface area contributed by atoms with Crippen molar-refractivity contribution in [3.8, 4) is 0 Å². The van der Waals surface area contributed by atoms with Crippen molar-refractivity contribution in [1.29, 1.82) is 0 Å². The molecule has 1 aliphatic heterocycles. The van der Waals surface area contributed by atoms with Crippen LogP contribution in [0, 0.1) is 0 Å². The molecule has 25 heavy (non-hydrogen) atoms. The molecule has 0 radical (unpaired) electrons. The second kappa shape index (κ2) is 6.40. The maximum atomic E-state index is 13.0. The highest BCUT2D eigenvalue weighted by atomic mass is 16.2. The van der Waals surface area contributed by atoms with Crippen molar-refractivity contribution >= 4 is 17.3 Å². The minimum absolute atomic E-state index is 0.0526. The first kappa shape index (κ1) is 17.3. The van der Waals surface area contributed by atoms with Crippen molar-refractivity contribution in [2.24, 2.45) is 0 Å². The van der Waals surface area contributed by atoms with Crippen LogP contribution >= 0.6 is 0 Å². The molecular weight excluding hydrogens is 308 g/mol. The number of urea groups is 1. The first-order chi connectivity index (χ1) is 11.8. The van der Waals surface area contributed by atoms with Crippen LogP contribution in [0.25, 0.3) is 5.57 Å². The fourth-order valence-electron chi connectivity index (χ4n) is 3.45. The van der Waals surface area contributed by atoms with Gasteiger partial charge < -0.3 is 5.32 Å². The Morgan fingerprint density at radius 2 is 1.92 bits per heavy atom. The van der Waals surface area contributed by atoms with Crippen molar-refractivity contribution in [3.63, 3.8) is 0 Å². The third-order valence-electron chi connectivity index (χ3n) is 4.92. The van der Waals surface area contributed by atoms with Crippen LogP contribution in [0.3, 0.4) is 0 Å². The van der Waals surface area contributed by atoms with Gasteiger partial charge in [-0.25, -0.2) is 4.79 Å². The number of hydrogen-bond acceptors (Lipinski definition) is 1. The molecule has 130 valence electrons. The number of allylic oxidation sites excluding steroid dienone is 1. The van der Waals surface area contributed by atoms with Gasteiger partial charge in [-0.2, -0.15) is 0 Å². The molecule has 0 fully saturated rings. The van der Waals surface area contributed by atoms with E-state index in [1.807, 2.05) is 62.1 Å². The summed E-state index contributed by atoms with van der Waals surface area (Å²) in [5.41, 5.74) is 4.96. The number of carbonyl (C=O) groups is 1. The number of rotatable bonds is 3. The van der Waals surface area contributed by atoms with Gasteiger partial charge in [-0.15, -0.1) is 0 Å². The van der Waals surface area contributed by atoms with Crippen LogP contribution in [0.5, 0.6) is 0 Å². The Hall–Kier alpha value is -2.55. The maximum absolute atomic E-state index is 13.0. The number of fused-ring (bicyclic) bond motifs is 1. The molecule has 1 N–H and O–H groups in total. The van der Waals surface area contributed by atoms with E-state index in [0.717, 1.165) is 28.8 Å². The molecule has 2 aromatic carbocycles. The van der Waals surface area contributed by atoms with Crippen LogP contribution in [0.2, 0.25) is 0 Å². The van der Waals surface area contributed by atoms with Crippen LogP contribution in [0.1, 0.15) is 44.4 Å².